The van der Waals surface area contributed by atoms with Gasteiger partial charge in [0.15, 0.2) is 0 Å². The van der Waals surface area contributed by atoms with Gasteiger partial charge < -0.3 is 14.7 Å². The van der Waals surface area contributed by atoms with E-state index in [1.54, 1.807) is 30.3 Å². The summed E-state index contributed by atoms with van der Waals surface area (Å²) in [6.45, 7) is 10.0. The SMILES string of the molecule is Cc1cccc(N2CCN(C(=O)c3ccc4c(c3)N(Cc3cc(C)ccc3C)C(=O)c3ccccc3S4(=O)=O)C[C@@H]2C)c1. The number of rotatable bonds is 4. The number of nitrogens with zero attached hydrogens (tertiary/aromatic N) is 3. The van der Waals surface area contributed by atoms with E-state index < -0.39 is 15.7 Å². The molecule has 0 aliphatic carbocycles. The Morgan fingerprint density at radius 1 is 0.837 bits per heavy atom. The fraction of sp³-hybridized carbons (Fsp3) is 0.257. The molecule has 0 N–H and O–H groups in total. The van der Waals surface area contributed by atoms with E-state index in [2.05, 4.69) is 36.9 Å². The monoisotopic (exact) mass is 593 g/mol. The molecule has 220 valence electrons. The Hall–Kier alpha value is -4.43. The molecule has 0 saturated carbocycles. The van der Waals surface area contributed by atoms with Gasteiger partial charge in [-0.1, -0.05) is 48.0 Å². The maximum absolute atomic E-state index is 14.1. The van der Waals surface area contributed by atoms with E-state index in [0.29, 0.717) is 25.2 Å². The maximum atomic E-state index is 14.1. The highest BCUT2D eigenvalue weighted by molar-refractivity contribution is 7.91. The molecule has 8 heteroatoms. The van der Waals surface area contributed by atoms with Gasteiger partial charge in [-0.15, -0.1) is 0 Å². The van der Waals surface area contributed by atoms with Crippen LogP contribution in [-0.2, 0) is 16.4 Å². The minimum Gasteiger partial charge on any atom is -0.365 e. The van der Waals surface area contributed by atoms with Gasteiger partial charge in [-0.05, 0) is 86.8 Å². The standard InChI is InChI=1S/C35H35N3O4S/c1-23-8-7-9-29(19-23)37-17-16-36(21-26(37)4)34(39)27-14-15-33-31(20-27)38(22-28-18-24(2)12-13-25(28)3)35(40)30-10-5-6-11-32(30)43(33,41)42/h5-15,18-20,26H,16-17,21-22H2,1-4H3/t26-/m0/s1. The predicted molar refractivity (Wildman–Crippen MR) is 169 cm³/mol. The minimum atomic E-state index is -4.03. The van der Waals surface area contributed by atoms with E-state index in [-0.39, 0.29) is 39.5 Å². The summed E-state index contributed by atoms with van der Waals surface area (Å²) in [5, 5.41) is 0. The highest BCUT2D eigenvalue weighted by atomic mass is 32.2. The van der Waals surface area contributed by atoms with Crippen LogP contribution in [0.1, 0.15) is 49.9 Å². The van der Waals surface area contributed by atoms with Crippen molar-refractivity contribution in [1.29, 1.82) is 0 Å². The third kappa shape index (κ3) is 5.20. The Labute approximate surface area is 253 Å². The number of anilines is 2. The molecule has 4 aromatic rings. The summed E-state index contributed by atoms with van der Waals surface area (Å²) >= 11 is 0. The van der Waals surface area contributed by atoms with Crippen LogP contribution in [0.2, 0.25) is 0 Å². The largest absolute Gasteiger partial charge is 0.365 e. The van der Waals surface area contributed by atoms with Gasteiger partial charge in [-0.2, -0.15) is 0 Å². The summed E-state index contributed by atoms with van der Waals surface area (Å²) in [6.07, 6.45) is 0. The fourth-order valence-electron chi connectivity index (χ4n) is 6.15. The molecule has 0 unspecified atom stereocenters. The lowest BCUT2D eigenvalue weighted by atomic mass is 10.0. The number of amides is 2. The summed E-state index contributed by atoms with van der Waals surface area (Å²) in [4.78, 5) is 33.6. The minimum absolute atomic E-state index is 0.0188. The van der Waals surface area contributed by atoms with Gasteiger partial charge in [0.05, 0.1) is 27.6 Å². The summed E-state index contributed by atoms with van der Waals surface area (Å²) in [5.41, 5.74) is 5.97. The highest BCUT2D eigenvalue weighted by Gasteiger charge is 2.37. The summed E-state index contributed by atoms with van der Waals surface area (Å²) in [6, 6.07) is 25.4. The van der Waals surface area contributed by atoms with E-state index in [9.17, 15) is 18.0 Å². The second-order valence-electron chi connectivity index (χ2n) is 11.6. The Morgan fingerprint density at radius 3 is 2.37 bits per heavy atom. The molecule has 2 heterocycles. The zero-order valence-electron chi connectivity index (χ0n) is 24.9. The number of hydrogen-bond donors (Lipinski definition) is 0. The molecule has 2 aliphatic heterocycles. The molecule has 2 amide bonds. The van der Waals surface area contributed by atoms with E-state index in [0.717, 1.165) is 22.4 Å². The van der Waals surface area contributed by atoms with Crippen LogP contribution in [0.5, 0.6) is 0 Å². The Kier molecular flexibility index (Phi) is 7.34. The third-order valence-electron chi connectivity index (χ3n) is 8.52. The van der Waals surface area contributed by atoms with Gasteiger partial charge in [0.1, 0.15) is 0 Å². The molecule has 0 radical (unpaired) electrons. The van der Waals surface area contributed by atoms with Crippen molar-refractivity contribution < 1.29 is 18.0 Å². The van der Waals surface area contributed by atoms with Crippen molar-refractivity contribution in [1.82, 2.24) is 4.90 Å². The van der Waals surface area contributed by atoms with E-state index in [1.165, 1.54) is 22.6 Å². The van der Waals surface area contributed by atoms with Crippen molar-refractivity contribution in [2.24, 2.45) is 0 Å². The second-order valence-corrected chi connectivity index (χ2v) is 13.5. The zero-order valence-corrected chi connectivity index (χ0v) is 25.7. The Bertz CT molecular complexity index is 1870. The first kappa shape index (κ1) is 28.7. The molecule has 6 rings (SSSR count). The normalized spacial score (nSPS) is 17.7. The lowest BCUT2D eigenvalue weighted by Gasteiger charge is -2.41. The molecule has 1 atom stereocenters. The van der Waals surface area contributed by atoms with E-state index in [4.69, 9.17) is 0 Å². The van der Waals surface area contributed by atoms with Crippen LogP contribution in [-0.4, -0.2) is 50.8 Å². The number of sulfone groups is 1. The lowest BCUT2D eigenvalue weighted by molar-refractivity contribution is 0.0726. The van der Waals surface area contributed by atoms with Crippen LogP contribution in [0, 0.1) is 20.8 Å². The van der Waals surface area contributed by atoms with Gasteiger partial charge in [-0.25, -0.2) is 8.42 Å². The van der Waals surface area contributed by atoms with Gasteiger partial charge in [0.25, 0.3) is 11.8 Å². The van der Waals surface area contributed by atoms with Gasteiger partial charge in [0.2, 0.25) is 9.84 Å². The predicted octanol–water partition coefficient (Wildman–Crippen LogP) is 5.96. The lowest BCUT2D eigenvalue weighted by Crippen LogP contribution is -2.53. The summed E-state index contributed by atoms with van der Waals surface area (Å²) < 4.78 is 27.8. The first-order chi connectivity index (χ1) is 20.5. The molecule has 0 aromatic heterocycles. The molecule has 0 spiro atoms. The van der Waals surface area contributed by atoms with E-state index >= 15 is 0 Å². The van der Waals surface area contributed by atoms with Crippen LogP contribution >= 0.6 is 0 Å². The Morgan fingerprint density at radius 2 is 1.60 bits per heavy atom. The summed E-state index contributed by atoms with van der Waals surface area (Å²) in [5.74, 6) is -0.597. The molecule has 1 fully saturated rings. The summed E-state index contributed by atoms with van der Waals surface area (Å²) in [7, 11) is -4.03. The topological polar surface area (TPSA) is 78.0 Å². The number of benzene rings is 4. The number of carbonyl (C=O) groups excluding carboxylic acids is 2. The van der Waals surface area contributed by atoms with Gasteiger partial charge in [-0.3, -0.25) is 9.59 Å². The number of carbonyl (C=O) groups is 2. The fourth-order valence-corrected chi connectivity index (χ4v) is 7.78. The number of hydrogen-bond acceptors (Lipinski definition) is 5. The molecule has 43 heavy (non-hydrogen) atoms. The number of piperazine rings is 1. The average molecular weight is 594 g/mol. The van der Waals surface area contributed by atoms with Crippen molar-refractivity contribution in [2.45, 2.75) is 50.1 Å². The molecule has 0 bridgehead atoms. The molecular formula is C35H35N3O4S. The zero-order chi connectivity index (χ0) is 30.5. The molecular weight excluding hydrogens is 558 g/mol. The van der Waals surface area contributed by atoms with E-state index in [1.807, 2.05) is 43.0 Å². The highest BCUT2D eigenvalue weighted by Crippen LogP contribution is 2.39. The molecule has 4 aromatic carbocycles. The average Bonchev–Trinajstić information content (AvgIpc) is 3.06. The third-order valence-corrected chi connectivity index (χ3v) is 10.4. The number of fused-ring (bicyclic) bond motifs is 2. The van der Waals surface area contributed by atoms with Crippen LogP contribution in [0.4, 0.5) is 11.4 Å². The molecule has 2 aliphatic rings. The van der Waals surface area contributed by atoms with Crippen LogP contribution in [0.3, 0.4) is 0 Å². The Balaban J connectivity index is 1.38. The van der Waals surface area contributed by atoms with Crippen molar-refractivity contribution in [3.63, 3.8) is 0 Å². The molecule has 7 nitrogen and oxygen atoms in total. The van der Waals surface area contributed by atoms with Crippen molar-refractivity contribution in [3.05, 3.63) is 118 Å². The maximum Gasteiger partial charge on any atom is 0.259 e. The van der Waals surface area contributed by atoms with Crippen LogP contribution < -0.4 is 9.80 Å². The van der Waals surface area contributed by atoms with Crippen molar-refractivity contribution in [2.75, 3.05) is 29.4 Å². The smallest absolute Gasteiger partial charge is 0.259 e. The van der Waals surface area contributed by atoms with Crippen LogP contribution in [0.15, 0.2) is 94.7 Å². The molecule has 1 saturated heterocycles. The van der Waals surface area contributed by atoms with Crippen molar-refractivity contribution in [3.8, 4) is 0 Å². The number of aryl methyl sites for hydroxylation is 3. The second kappa shape index (κ2) is 11.0. The first-order valence-corrected chi connectivity index (χ1v) is 16.0. The van der Waals surface area contributed by atoms with Crippen LogP contribution in [0.25, 0.3) is 0 Å². The van der Waals surface area contributed by atoms with Gasteiger partial charge >= 0.3 is 0 Å². The quantitative estimate of drug-likeness (QED) is 0.292. The van der Waals surface area contributed by atoms with Gasteiger partial charge in [0, 0.05) is 36.9 Å². The first-order valence-electron chi connectivity index (χ1n) is 14.5. The van der Waals surface area contributed by atoms with Crippen molar-refractivity contribution >= 4 is 33.0 Å².